The fourth-order valence-electron chi connectivity index (χ4n) is 3.36. The average Bonchev–Trinajstić information content (AvgIpc) is 3.08. The third-order valence-corrected chi connectivity index (χ3v) is 6.34. The molecule has 128 valence electrons. The minimum absolute atomic E-state index is 0.0601. The number of para-hydroxylation sites is 1. The molecule has 0 N–H and O–H groups in total. The van der Waals surface area contributed by atoms with E-state index in [-0.39, 0.29) is 11.5 Å². The van der Waals surface area contributed by atoms with Crippen LogP contribution in [0.1, 0.15) is 23.7 Å². The molecule has 1 fully saturated rings. The Bertz CT molecular complexity index is 914. The number of hydrogen-bond donors (Lipinski definition) is 0. The van der Waals surface area contributed by atoms with Gasteiger partial charge in [-0.15, -0.1) is 0 Å². The van der Waals surface area contributed by atoms with Gasteiger partial charge in [0.1, 0.15) is 0 Å². The summed E-state index contributed by atoms with van der Waals surface area (Å²) in [5.41, 5.74) is 1.23. The zero-order chi connectivity index (χ0) is 17.5. The summed E-state index contributed by atoms with van der Waals surface area (Å²) in [4.78, 5) is 26.8. The Labute approximate surface area is 141 Å². The molecule has 0 spiro atoms. The highest BCUT2D eigenvalue weighted by atomic mass is 32.2. The molecule has 0 aliphatic carbocycles. The van der Waals surface area contributed by atoms with Gasteiger partial charge in [0.2, 0.25) is 0 Å². The first-order valence-corrected chi connectivity index (χ1v) is 9.76. The Morgan fingerprint density at radius 1 is 1.29 bits per heavy atom. The monoisotopic (exact) mass is 348 g/mol. The Balaban J connectivity index is 1.92. The maximum Gasteiger partial charge on any atom is 0.295 e. The van der Waals surface area contributed by atoms with E-state index in [1.807, 2.05) is 35.9 Å². The van der Waals surface area contributed by atoms with Crippen molar-refractivity contribution in [2.75, 3.05) is 18.1 Å². The fourth-order valence-corrected chi connectivity index (χ4v) is 5.09. The van der Waals surface area contributed by atoms with Crippen LogP contribution < -0.4 is 0 Å². The molecule has 3 rings (SSSR count). The average molecular weight is 348 g/mol. The highest BCUT2D eigenvalue weighted by Crippen LogP contribution is 2.23. The molecule has 0 bridgehead atoms. The maximum absolute atomic E-state index is 12.7. The number of hydrogen-bond acceptors (Lipinski definition) is 4. The number of ketones is 1. The van der Waals surface area contributed by atoms with E-state index in [0.717, 1.165) is 10.9 Å². The van der Waals surface area contributed by atoms with Crippen LogP contribution in [0.15, 0.2) is 30.5 Å². The van der Waals surface area contributed by atoms with E-state index < -0.39 is 27.6 Å². The molecule has 1 aromatic carbocycles. The first kappa shape index (κ1) is 16.7. The van der Waals surface area contributed by atoms with Crippen LogP contribution in [0.3, 0.4) is 0 Å². The summed E-state index contributed by atoms with van der Waals surface area (Å²) in [5, 5.41) is 0.730. The number of carbonyl (C=O) groups excluding carboxylic acids is 2. The van der Waals surface area contributed by atoms with E-state index in [9.17, 15) is 18.0 Å². The SMILES string of the molecule is CCN(C(=O)C(=O)c1cn(C)c2ccccc12)C1CCS(=O)(=O)C1. The van der Waals surface area contributed by atoms with Crippen LogP contribution in [0.5, 0.6) is 0 Å². The Hall–Kier alpha value is -2.15. The topological polar surface area (TPSA) is 76.5 Å². The quantitative estimate of drug-likeness (QED) is 0.618. The van der Waals surface area contributed by atoms with Crippen molar-refractivity contribution in [2.45, 2.75) is 19.4 Å². The Morgan fingerprint density at radius 3 is 2.62 bits per heavy atom. The molecule has 0 saturated carbocycles. The maximum atomic E-state index is 12.7. The van der Waals surface area contributed by atoms with Crippen molar-refractivity contribution in [1.29, 1.82) is 0 Å². The predicted octanol–water partition coefficient (Wildman–Crippen LogP) is 1.40. The summed E-state index contributed by atoms with van der Waals surface area (Å²) in [6.07, 6.45) is 2.05. The summed E-state index contributed by atoms with van der Waals surface area (Å²) >= 11 is 0. The van der Waals surface area contributed by atoms with Crippen molar-refractivity contribution >= 4 is 32.4 Å². The first-order chi connectivity index (χ1) is 11.3. The summed E-state index contributed by atoms with van der Waals surface area (Å²) in [5.74, 6) is -1.20. The van der Waals surface area contributed by atoms with Crippen LogP contribution in [-0.2, 0) is 21.7 Å². The lowest BCUT2D eigenvalue weighted by atomic mass is 10.1. The van der Waals surface area contributed by atoms with Gasteiger partial charge in [-0.3, -0.25) is 9.59 Å². The number of aromatic nitrogens is 1. The van der Waals surface area contributed by atoms with Gasteiger partial charge in [0.15, 0.2) is 9.84 Å². The molecule has 1 aromatic heterocycles. The molecule has 6 nitrogen and oxygen atoms in total. The van der Waals surface area contributed by atoms with Crippen molar-refractivity contribution in [3.8, 4) is 0 Å². The largest absolute Gasteiger partial charge is 0.350 e. The van der Waals surface area contributed by atoms with Gasteiger partial charge in [0, 0.05) is 36.7 Å². The minimum atomic E-state index is -3.11. The zero-order valence-electron chi connectivity index (χ0n) is 13.7. The molecule has 2 aromatic rings. The molecule has 1 aliphatic heterocycles. The predicted molar refractivity (Wildman–Crippen MR) is 91.7 cm³/mol. The second kappa shape index (κ2) is 6.05. The van der Waals surface area contributed by atoms with Gasteiger partial charge in [0.05, 0.1) is 17.1 Å². The van der Waals surface area contributed by atoms with Crippen molar-refractivity contribution in [1.82, 2.24) is 9.47 Å². The molecular weight excluding hydrogens is 328 g/mol. The molecule has 1 unspecified atom stereocenters. The van der Waals surface area contributed by atoms with Gasteiger partial charge in [-0.25, -0.2) is 8.42 Å². The summed E-state index contributed by atoms with van der Waals surface area (Å²) in [6.45, 7) is 2.08. The third-order valence-electron chi connectivity index (χ3n) is 4.59. The molecule has 1 amide bonds. The number of aryl methyl sites for hydroxylation is 1. The van der Waals surface area contributed by atoms with Gasteiger partial charge in [-0.05, 0) is 19.4 Å². The van der Waals surface area contributed by atoms with Gasteiger partial charge < -0.3 is 9.47 Å². The van der Waals surface area contributed by atoms with Gasteiger partial charge >= 0.3 is 0 Å². The van der Waals surface area contributed by atoms with Crippen molar-refractivity contribution in [2.24, 2.45) is 7.05 Å². The van der Waals surface area contributed by atoms with Crippen LogP contribution in [0.25, 0.3) is 10.9 Å². The van der Waals surface area contributed by atoms with Crippen molar-refractivity contribution in [3.05, 3.63) is 36.0 Å². The zero-order valence-corrected chi connectivity index (χ0v) is 14.5. The number of nitrogens with zero attached hydrogens (tertiary/aromatic N) is 2. The molecule has 0 radical (unpaired) electrons. The minimum Gasteiger partial charge on any atom is -0.350 e. The van der Waals surface area contributed by atoms with E-state index in [4.69, 9.17) is 0 Å². The molecule has 1 aliphatic rings. The van der Waals surface area contributed by atoms with Gasteiger partial charge in [-0.2, -0.15) is 0 Å². The third kappa shape index (κ3) is 2.84. The fraction of sp³-hybridized carbons (Fsp3) is 0.412. The molecule has 7 heteroatoms. The Morgan fingerprint density at radius 2 is 2.00 bits per heavy atom. The number of rotatable bonds is 4. The van der Waals surface area contributed by atoms with Crippen LogP contribution in [-0.4, -0.2) is 53.7 Å². The molecule has 2 heterocycles. The van der Waals surface area contributed by atoms with E-state index in [0.29, 0.717) is 18.5 Å². The normalized spacial score (nSPS) is 19.5. The number of amides is 1. The molecular formula is C17H20N2O4S. The van der Waals surface area contributed by atoms with Crippen molar-refractivity contribution < 1.29 is 18.0 Å². The van der Waals surface area contributed by atoms with Crippen LogP contribution in [0, 0.1) is 0 Å². The van der Waals surface area contributed by atoms with E-state index >= 15 is 0 Å². The summed E-state index contributed by atoms with van der Waals surface area (Å²) in [7, 11) is -1.29. The number of fused-ring (bicyclic) bond motifs is 1. The second-order valence-electron chi connectivity index (χ2n) is 6.15. The van der Waals surface area contributed by atoms with Crippen LogP contribution in [0.2, 0.25) is 0 Å². The lowest BCUT2D eigenvalue weighted by molar-refractivity contribution is -0.128. The molecule has 24 heavy (non-hydrogen) atoms. The number of carbonyl (C=O) groups is 2. The van der Waals surface area contributed by atoms with E-state index in [1.165, 1.54) is 4.90 Å². The smallest absolute Gasteiger partial charge is 0.295 e. The van der Waals surface area contributed by atoms with Crippen molar-refractivity contribution in [3.63, 3.8) is 0 Å². The number of likely N-dealkylation sites (N-methyl/N-ethyl adjacent to an activating group) is 1. The van der Waals surface area contributed by atoms with Crippen LogP contribution in [0.4, 0.5) is 0 Å². The van der Waals surface area contributed by atoms with E-state index in [1.54, 1.807) is 13.1 Å². The first-order valence-electron chi connectivity index (χ1n) is 7.94. The summed E-state index contributed by atoms with van der Waals surface area (Å²) in [6, 6.07) is 6.99. The van der Waals surface area contributed by atoms with Gasteiger partial charge in [-0.1, -0.05) is 18.2 Å². The molecule has 1 atom stereocenters. The lowest BCUT2D eigenvalue weighted by Crippen LogP contribution is -2.44. The number of Topliss-reactive ketones (excluding diaryl/α,β-unsaturated/α-hetero) is 1. The highest BCUT2D eigenvalue weighted by molar-refractivity contribution is 7.91. The van der Waals surface area contributed by atoms with Gasteiger partial charge in [0.25, 0.3) is 11.7 Å². The molecule has 1 saturated heterocycles. The van der Waals surface area contributed by atoms with Crippen LogP contribution >= 0.6 is 0 Å². The standard InChI is InChI=1S/C17H20N2O4S/c1-3-19(12-8-9-24(22,23)11-12)17(21)16(20)14-10-18(2)15-7-5-4-6-13(14)15/h4-7,10,12H,3,8-9,11H2,1-2H3. The second-order valence-corrected chi connectivity index (χ2v) is 8.38. The number of sulfone groups is 1. The number of benzene rings is 1. The Kier molecular flexibility index (Phi) is 4.21. The highest BCUT2D eigenvalue weighted by Gasteiger charge is 2.36. The summed E-state index contributed by atoms with van der Waals surface area (Å²) < 4.78 is 25.2. The van der Waals surface area contributed by atoms with E-state index in [2.05, 4.69) is 0 Å². The lowest BCUT2D eigenvalue weighted by Gasteiger charge is -2.25.